The van der Waals surface area contributed by atoms with E-state index in [1.807, 2.05) is 6.92 Å². The van der Waals surface area contributed by atoms with Crippen LogP contribution in [0.2, 0.25) is 0 Å². The number of nitrogens with two attached hydrogens (primary N) is 1. The second-order valence-electron chi connectivity index (χ2n) is 5.89. The summed E-state index contributed by atoms with van der Waals surface area (Å²) in [5.74, 6) is 0.425. The Balaban J connectivity index is 2.50. The summed E-state index contributed by atoms with van der Waals surface area (Å²) in [6.45, 7) is 4.43. The summed E-state index contributed by atoms with van der Waals surface area (Å²) in [6, 6.07) is 0.118. The largest absolute Gasteiger partial charge is 0.359 e. The topological polar surface area (TPSA) is 75.4 Å². The molecule has 0 saturated heterocycles. The molecule has 0 bridgehead atoms. The maximum absolute atomic E-state index is 12.3. The van der Waals surface area contributed by atoms with Gasteiger partial charge in [0.2, 0.25) is 11.8 Å². The number of amides is 2. The van der Waals surface area contributed by atoms with Crippen molar-refractivity contribution in [1.29, 1.82) is 0 Å². The Bertz CT molecular complexity index is 333. The molecule has 19 heavy (non-hydrogen) atoms. The lowest BCUT2D eigenvalue weighted by atomic mass is 9.79. The smallest absolute Gasteiger partial charge is 0.225 e. The molecule has 0 aliphatic heterocycles. The Hall–Kier alpha value is -1.10. The average Bonchev–Trinajstić information content (AvgIpc) is 2.39. The molecule has 5 heteroatoms. The number of rotatable bonds is 4. The second-order valence-corrected chi connectivity index (χ2v) is 5.89. The monoisotopic (exact) mass is 269 g/mol. The van der Waals surface area contributed by atoms with Crippen molar-refractivity contribution in [1.82, 2.24) is 10.2 Å². The van der Waals surface area contributed by atoms with Crippen molar-refractivity contribution in [3.05, 3.63) is 0 Å². The third kappa shape index (κ3) is 4.20. The minimum absolute atomic E-state index is 0.0214. The fourth-order valence-electron chi connectivity index (χ4n) is 2.72. The van der Waals surface area contributed by atoms with Gasteiger partial charge in [0.1, 0.15) is 0 Å². The number of hydrogen-bond acceptors (Lipinski definition) is 3. The van der Waals surface area contributed by atoms with E-state index in [9.17, 15) is 9.59 Å². The molecular formula is C14H27N3O2. The fraction of sp³-hybridized carbons (Fsp3) is 0.857. The van der Waals surface area contributed by atoms with Gasteiger partial charge in [-0.1, -0.05) is 13.8 Å². The molecule has 4 atom stereocenters. The van der Waals surface area contributed by atoms with Crippen LogP contribution in [0.5, 0.6) is 0 Å². The number of carbonyl (C=O) groups excluding carboxylic acids is 2. The van der Waals surface area contributed by atoms with E-state index in [-0.39, 0.29) is 29.7 Å². The van der Waals surface area contributed by atoms with Crippen molar-refractivity contribution >= 4 is 11.8 Å². The molecule has 0 aromatic carbocycles. The maximum atomic E-state index is 12.3. The Labute approximate surface area is 115 Å². The van der Waals surface area contributed by atoms with Gasteiger partial charge < -0.3 is 16.0 Å². The van der Waals surface area contributed by atoms with Crippen LogP contribution in [0.15, 0.2) is 0 Å². The summed E-state index contributed by atoms with van der Waals surface area (Å²) >= 11 is 0. The molecule has 5 nitrogen and oxygen atoms in total. The summed E-state index contributed by atoms with van der Waals surface area (Å²) in [6.07, 6.45) is 2.68. The zero-order chi connectivity index (χ0) is 14.6. The van der Waals surface area contributed by atoms with Gasteiger partial charge in [0.05, 0.1) is 5.92 Å². The number of hydrogen-bond donors (Lipinski definition) is 2. The van der Waals surface area contributed by atoms with Gasteiger partial charge in [-0.2, -0.15) is 0 Å². The molecule has 0 aromatic rings. The van der Waals surface area contributed by atoms with Crippen molar-refractivity contribution in [2.75, 3.05) is 20.6 Å². The van der Waals surface area contributed by atoms with E-state index in [0.717, 1.165) is 19.3 Å². The normalized spacial score (nSPS) is 28.6. The summed E-state index contributed by atoms with van der Waals surface area (Å²) in [4.78, 5) is 25.5. The Kier molecular flexibility index (Phi) is 5.79. The first-order valence-electron chi connectivity index (χ1n) is 7.09. The summed E-state index contributed by atoms with van der Waals surface area (Å²) < 4.78 is 0. The molecule has 0 heterocycles. The lowest BCUT2D eigenvalue weighted by Crippen LogP contribution is -2.44. The van der Waals surface area contributed by atoms with Gasteiger partial charge in [-0.25, -0.2) is 0 Å². The average molecular weight is 269 g/mol. The molecule has 1 fully saturated rings. The SMILES string of the molecule is CNC(=O)C(C)CN(C)C(=O)C1CCC(C)C(N)C1. The molecule has 1 aliphatic carbocycles. The second kappa shape index (κ2) is 6.89. The van der Waals surface area contributed by atoms with Crippen LogP contribution in [0.25, 0.3) is 0 Å². The lowest BCUT2D eigenvalue weighted by molar-refractivity contribution is -0.137. The fourth-order valence-corrected chi connectivity index (χ4v) is 2.72. The zero-order valence-corrected chi connectivity index (χ0v) is 12.5. The van der Waals surface area contributed by atoms with E-state index in [1.54, 1.807) is 19.0 Å². The van der Waals surface area contributed by atoms with Gasteiger partial charge in [-0.3, -0.25) is 9.59 Å². The van der Waals surface area contributed by atoms with Crippen LogP contribution in [-0.2, 0) is 9.59 Å². The van der Waals surface area contributed by atoms with Gasteiger partial charge in [0.15, 0.2) is 0 Å². The standard InChI is InChI=1S/C14H27N3O2/c1-9-5-6-11(7-12(9)15)14(19)17(4)8-10(2)13(18)16-3/h9-12H,5-8,15H2,1-4H3,(H,16,18). The Morgan fingerprint density at radius 3 is 2.58 bits per heavy atom. The van der Waals surface area contributed by atoms with Crippen LogP contribution in [0.1, 0.15) is 33.1 Å². The molecule has 2 amide bonds. The van der Waals surface area contributed by atoms with E-state index in [1.165, 1.54) is 0 Å². The van der Waals surface area contributed by atoms with Crippen LogP contribution in [0, 0.1) is 17.8 Å². The first kappa shape index (κ1) is 16.0. The first-order chi connectivity index (χ1) is 8.86. The van der Waals surface area contributed by atoms with Crippen molar-refractivity contribution in [3.63, 3.8) is 0 Å². The van der Waals surface area contributed by atoms with E-state index in [0.29, 0.717) is 12.5 Å². The highest BCUT2D eigenvalue weighted by Gasteiger charge is 2.31. The number of nitrogens with zero attached hydrogens (tertiary/aromatic N) is 1. The van der Waals surface area contributed by atoms with Gasteiger partial charge in [-0.05, 0) is 25.2 Å². The third-order valence-corrected chi connectivity index (χ3v) is 4.23. The van der Waals surface area contributed by atoms with Gasteiger partial charge in [0.25, 0.3) is 0 Å². The van der Waals surface area contributed by atoms with E-state index in [2.05, 4.69) is 12.2 Å². The minimum Gasteiger partial charge on any atom is -0.359 e. The van der Waals surface area contributed by atoms with Crippen molar-refractivity contribution in [3.8, 4) is 0 Å². The number of carbonyl (C=O) groups is 2. The van der Waals surface area contributed by atoms with Gasteiger partial charge in [0, 0.05) is 32.6 Å². The van der Waals surface area contributed by atoms with Crippen LogP contribution in [0.4, 0.5) is 0 Å². The van der Waals surface area contributed by atoms with Crippen molar-refractivity contribution in [2.45, 2.75) is 39.2 Å². The molecular weight excluding hydrogens is 242 g/mol. The summed E-state index contributed by atoms with van der Waals surface area (Å²) in [7, 11) is 3.38. The number of nitrogens with one attached hydrogen (secondary N) is 1. The predicted molar refractivity (Wildman–Crippen MR) is 75.3 cm³/mol. The summed E-state index contributed by atoms with van der Waals surface area (Å²) in [5.41, 5.74) is 6.04. The van der Waals surface area contributed by atoms with Crippen molar-refractivity contribution in [2.24, 2.45) is 23.5 Å². The molecule has 3 N–H and O–H groups in total. The van der Waals surface area contributed by atoms with E-state index >= 15 is 0 Å². The molecule has 1 rings (SSSR count). The van der Waals surface area contributed by atoms with Crippen LogP contribution in [-0.4, -0.2) is 43.4 Å². The molecule has 110 valence electrons. The van der Waals surface area contributed by atoms with Crippen LogP contribution in [0.3, 0.4) is 0 Å². The molecule has 0 spiro atoms. The Morgan fingerprint density at radius 2 is 2.05 bits per heavy atom. The Morgan fingerprint density at radius 1 is 1.42 bits per heavy atom. The maximum Gasteiger partial charge on any atom is 0.225 e. The quantitative estimate of drug-likeness (QED) is 0.784. The van der Waals surface area contributed by atoms with Gasteiger partial charge >= 0.3 is 0 Å². The molecule has 0 radical (unpaired) electrons. The highest BCUT2D eigenvalue weighted by molar-refractivity contribution is 5.81. The van der Waals surface area contributed by atoms with Gasteiger partial charge in [-0.15, -0.1) is 0 Å². The van der Waals surface area contributed by atoms with Crippen LogP contribution < -0.4 is 11.1 Å². The predicted octanol–water partition coefficient (Wildman–Crippen LogP) is 0.590. The highest BCUT2D eigenvalue weighted by atomic mass is 16.2. The first-order valence-corrected chi connectivity index (χ1v) is 7.09. The molecule has 4 unspecified atom stereocenters. The minimum atomic E-state index is -0.185. The highest BCUT2D eigenvalue weighted by Crippen LogP contribution is 2.28. The van der Waals surface area contributed by atoms with E-state index < -0.39 is 0 Å². The summed E-state index contributed by atoms with van der Waals surface area (Å²) in [5, 5.41) is 2.60. The van der Waals surface area contributed by atoms with Crippen molar-refractivity contribution < 1.29 is 9.59 Å². The van der Waals surface area contributed by atoms with Crippen LogP contribution >= 0.6 is 0 Å². The molecule has 0 aromatic heterocycles. The third-order valence-electron chi connectivity index (χ3n) is 4.23. The molecule has 1 aliphatic rings. The van der Waals surface area contributed by atoms with E-state index in [4.69, 9.17) is 5.73 Å². The lowest BCUT2D eigenvalue weighted by Gasteiger charge is -2.33. The zero-order valence-electron chi connectivity index (χ0n) is 12.5. The molecule has 1 saturated carbocycles.